The van der Waals surface area contributed by atoms with E-state index in [0.717, 1.165) is 27.7 Å². The third-order valence-corrected chi connectivity index (χ3v) is 4.39. The molecule has 0 fully saturated rings. The smallest absolute Gasteiger partial charge is 0.346 e. The molecule has 0 aliphatic carbocycles. The lowest BCUT2D eigenvalue weighted by Crippen LogP contribution is -2.12. The summed E-state index contributed by atoms with van der Waals surface area (Å²) in [6.45, 7) is 19.7. The molecule has 1 aromatic heterocycles. The molecule has 4 heteroatoms. The lowest BCUT2D eigenvalue weighted by molar-refractivity contribution is 0.0731. The van der Waals surface area contributed by atoms with Crippen molar-refractivity contribution in [1.29, 1.82) is 0 Å². The summed E-state index contributed by atoms with van der Waals surface area (Å²) in [6, 6.07) is 12.2. The van der Waals surface area contributed by atoms with Crippen LogP contribution in [0.3, 0.4) is 0 Å². The number of aromatic hydroxyl groups is 1. The van der Waals surface area contributed by atoms with Crippen molar-refractivity contribution in [2.24, 2.45) is 0 Å². The van der Waals surface area contributed by atoms with Crippen LogP contribution < -0.4 is 4.74 Å². The van der Waals surface area contributed by atoms with Crippen molar-refractivity contribution < 1.29 is 14.6 Å². The maximum atomic E-state index is 12.8. The normalized spacial score (nSPS) is 10.3. The lowest BCUT2D eigenvalue weighted by Gasteiger charge is -2.12. The molecule has 31 heavy (non-hydrogen) atoms. The third kappa shape index (κ3) is 5.92. The molecule has 0 saturated heterocycles. The number of aryl methyl sites for hydroxylation is 1. The topological polar surface area (TPSA) is 59.4 Å². The fourth-order valence-corrected chi connectivity index (χ4v) is 3.06. The minimum atomic E-state index is -0.550. The molecule has 0 radical (unpaired) electrons. The van der Waals surface area contributed by atoms with E-state index in [9.17, 15) is 9.90 Å². The Labute approximate surface area is 185 Å². The van der Waals surface area contributed by atoms with Gasteiger partial charge in [-0.25, -0.2) is 4.79 Å². The third-order valence-electron chi connectivity index (χ3n) is 4.39. The number of hydrogen-bond donors (Lipinski definition) is 1. The quantitative estimate of drug-likeness (QED) is 0.210. The number of hydrogen-bond acceptors (Lipinski definition) is 4. The van der Waals surface area contributed by atoms with Crippen LogP contribution in [-0.2, 0) is 0 Å². The number of carbonyl (C=O) groups is 1. The molecule has 1 heterocycles. The van der Waals surface area contributed by atoms with E-state index in [-0.39, 0.29) is 11.5 Å². The number of rotatable bonds is 4. The summed E-state index contributed by atoms with van der Waals surface area (Å²) < 4.78 is 5.40. The summed E-state index contributed by atoms with van der Waals surface area (Å²) in [6.07, 6.45) is 3.73. The van der Waals surface area contributed by atoms with Crippen molar-refractivity contribution in [3.63, 3.8) is 0 Å². The second-order valence-electron chi connectivity index (χ2n) is 6.39. The van der Waals surface area contributed by atoms with Gasteiger partial charge in [0.15, 0.2) is 11.5 Å². The highest BCUT2D eigenvalue weighted by molar-refractivity contribution is 6.05. The van der Waals surface area contributed by atoms with Crippen LogP contribution in [0, 0.1) is 6.92 Å². The fourth-order valence-electron chi connectivity index (χ4n) is 3.06. The monoisotopic (exact) mass is 417 g/mol. The van der Waals surface area contributed by atoms with Crippen molar-refractivity contribution in [1.82, 2.24) is 4.98 Å². The largest absolute Gasteiger partial charge is 0.504 e. The van der Waals surface area contributed by atoms with E-state index in [1.54, 1.807) is 24.4 Å². The van der Waals surface area contributed by atoms with Crippen molar-refractivity contribution in [3.05, 3.63) is 96.7 Å². The minimum absolute atomic E-state index is 0.0850. The second-order valence-corrected chi connectivity index (χ2v) is 6.39. The highest BCUT2D eigenvalue weighted by atomic mass is 16.5. The number of fused-ring (bicyclic) bond motifs is 1. The summed E-state index contributed by atoms with van der Waals surface area (Å²) in [5.74, 6) is -0.516. The average Bonchev–Trinajstić information content (AvgIpc) is 2.78. The number of esters is 1. The van der Waals surface area contributed by atoms with Crippen molar-refractivity contribution in [3.8, 4) is 11.5 Å². The number of benzene rings is 2. The lowest BCUT2D eigenvalue weighted by atomic mass is 9.98. The van der Waals surface area contributed by atoms with Gasteiger partial charge in [-0.05, 0) is 50.1 Å². The SMILES string of the molecule is C=C.C=C(C)/C(=C\C)c1cnc2c(C(=O)Oc3ccccc3O)c(C)ccc2c1.CC. The van der Waals surface area contributed by atoms with Gasteiger partial charge in [0, 0.05) is 17.1 Å². The summed E-state index contributed by atoms with van der Waals surface area (Å²) in [5.41, 5.74) is 4.62. The Morgan fingerprint density at radius 3 is 2.35 bits per heavy atom. The van der Waals surface area contributed by atoms with Gasteiger partial charge >= 0.3 is 5.97 Å². The highest BCUT2D eigenvalue weighted by Crippen LogP contribution is 2.29. The predicted octanol–water partition coefficient (Wildman–Crippen LogP) is 7.28. The molecule has 0 aliphatic heterocycles. The van der Waals surface area contributed by atoms with Gasteiger partial charge in [-0.15, -0.1) is 13.2 Å². The molecule has 0 amide bonds. The number of phenolic OH excluding ortho intramolecular Hbond substituents is 1. The maximum Gasteiger partial charge on any atom is 0.346 e. The molecule has 0 unspecified atom stereocenters. The summed E-state index contributed by atoms with van der Waals surface area (Å²) >= 11 is 0. The van der Waals surface area contributed by atoms with Crippen molar-refractivity contribution in [2.45, 2.75) is 34.6 Å². The zero-order valence-electron chi connectivity index (χ0n) is 19.0. The van der Waals surface area contributed by atoms with E-state index in [1.807, 2.05) is 58.9 Å². The molecule has 1 N–H and O–H groups in total. The molecule has 162 valence electrons. The summed E-state index contributed by atoms with van der Waals surface area (Å²) in [7, 11) is 0. The molecule has 0 atom stereocenters. The Morgan fingerprint density at radius 2 is 1.77 bits per heavy atom. The van der Waals surface area contributed by atoms with Crippen LogP contribution in [0.25, 0.3) is 16.5 Å². The van der Waals surface area contributed by atoms with Crippen LogP contribution in [0.15, 0.2) is 80.0 Å². The van der Waals surface area contributed by atoms with E-state index in [2.05, 4.69) is 24.7 Å². The number of nitrogens with zero attached hydrogens (tertiary/aromatic N) is 1. The van der Waals surface area contributed by atoms with Crippen LogP contribution >= 0.6 is 0 Å². The zero-order chi connectivity index (χ0) is 23.6. The first-order chi connectivity index (χ1) is 14.9. The number of phenols is 1. The molecule has 2 aromatic carbocycles. The van der Waals surface area contributed by atoms with E-state index in [4.69, 9.17) is 4.74 Å². The number of ether oxygens (including phenoxy) is 1. The maximum absolute atomic E-state index is 12.8. The number of allylic oxidation sites excluding steroid dienone is 3. The van der Waals surface area contributed by atoms with Crippen LogP contribution in [-0.4, -0.2) is 16.1 Å². The Kier molecular flexibility index (Phi) is 9.93. The highest BCUT2D eigenvalue weighted by Gasteiger charge is 2.18. The van der Waals surface area contributed by atoms with E-state index < -0.39 is 5.97 Å². The number of para-hydroxylation sites is 2. The summed E-state index contributed by atoms with van der Waals surface area (Å²) in [5, 5.41) is 10.7. The van der Waals surface area contributed by atoms with Crippen LogP contribution in [0.4, 0.5) is 0 Å². The molecule has 4 nitrogen and oxygen atoms in total. The van der Waals surface area contributed by atoms with Gasteiger partial charge < -0.3 is 9.84 Å². The van der Waals surface area contributed by atoms with Gasteiger partial charge in [0.05, 0.1) is 11.1 Å². The van der Waals surface area contributed by atoms with Crippen molar-refractivity contribution in [2.75, 3.05) is 0 Å². The first-order valence-electron chi connectivity index (χ1n) is 10.1. The number of aromatic nitrogens is 1. The molecular weight excluding hydrogens is 386 g/mol. The number of carbonyl (C=O) groups excluding carboxylic acids is 1. The van der Waals surface area contributed by atoms with Crippen molar-refractivity contribution >= 4 is 22.4 Å². The van der Waals surface area contributed by atoms with E-state index in [0.29, 0.717) is 11.1 Å². The average molecular weight is 418 g/mol. The molecule has 0 aliphatic rings. The Balaban J connectivity index is 0.00000113. The van der Waals surface area contributed by atoms with Crippen LogP contribution in [0.2, 0.25) is 0 Å². The molecule has 0 spiro atoms. The van der Waals surface area contributed by atoms with Crippen LogP contribution in [0.5, 0.6) is 11.5 Å². The van der Waals surface area contributed by atoms with Crippen LogP contribution in [0.1, 0.15) is 49.2 Å². The standard InChI is InChI=1S/C23H21NO3.C2H6.C2H4/c1-5-18(14(2)3)17-12-16-11-10-15(4)21(22(16)24-13-17)23(26)27-20-9-7-6-8-19(20)25;2*1-2/h5-13,25H,2H2,1,3-4H3;1-2H3;1-2H2/b18-5+;;. The Bertz CT molecular complexity index is 1100. The van der Waals surface area contributed by atoms with Gasteiger partial charge in [0.25, 0.3) is 0 Å². The predicted molar refractivity (Wildman–Crippen MR) is 131 cm³/mol. The first-order valence-corrected chi connectivity index (χ1v) is 10.1. The number of pyridine rings is 1. The van der Waals surface area contributed by atoms with Gasteiger partial charge in [-0.1, -0.05) is 56.3 Å². The van der Waals surface area contributed by atoms with Gasteiger partial charge in [0.2, 0.25) is 0 Å². The van der Waals surface area contributed by atoms with Gasteiger partial charge in [-0.2, -0.15) is 0 Å². The molecule has 0 saturated carbocycles. The molecule has 3 rings (SSSR count). The molecule has 3 aromatic rings. The minimum Gasteiger partial charge on any atom is -0.504 e. The van der Waals surface area contributed by atoms with E-state index >= 15 is 0 Å². The Morgan fingerprint density at radius 1 is 1.13 bits per heavy atom. The van der Waals surface area contributed by atoms with E-state index in [1.165, 1.54) is 6.07 Å². The zero-order valence-corrected chi connectivity index (χ0v) is 19.0. The molecule has 0 bridgehead atoms. The Hall–Kier alpha value is -3.66. The second kappa shape index (κ2) is 12.1. The van der Waals surface area contributed by atoms with Gasteiger partial charge in [0.1, 0.15) is 0 Å². The first kappa shape index (κ1) is 25.4. The molecular formula is C27H31NO3. The van der Waals surface area contributed by atoms with Gasteiger partial charge in [-0.3, -0.25) is 4.98 Å². The fraction of sp³-hybridized carbons (Fsp3) is 0.185. The summed E-state index contributed by atoms with van der Waals surface area (Å²) in [4.78, 5) is 17.3.